The van der Waals surface area contributed by atoms with Crippen LogP contribution in [0.1, 0.15) is 33.6 Å². The fourth-order valence-electron chi connectivity index (χ4n) is 1.69. The lowest BCUT2D eigenvalue weighted by Gasteiger charge is -2.23. The zero-order valence-corrected chi connectivity index (χ0v) is 9.51. The third kappa shape index (κ3) is 3.28. The summed E-state index contributed by atoms with van der Waals surface area (Å²) < 4.78 is 0. The van der Waals surface area contributed by atoms with Crippen LogP contribution in [0.25, 0.3) is 0 Å². The molecule has 0 aliphatic carbocycles. The van der Waals surface area contributed by atoms with E-state index in [4.69, 9.17) is 11.0 Å². The van der Waals surface area contributed by atoms with Crippen molar-refractivity contribution in [2.24, 2.45) is 11.1 Å². The number of hydrogen-bond donors (Lipinski definition) is 1. The maximum Gasteiger partial charge on any atom is 0.118 e. The van der Waals surface area contributed by atoms with Crippen LogP contribution in [-0.4, -0.2) is 30.1 Å². The van der Waals surface area contributed by atoms with Gasteiger partial charge in [-0.05, 0) is 24.8 Å². The molecule has 1 saturated heterocycles. The number of hydrogen-bond acceptors (Lipinski definition) is 3. The van der Waals surface area contributed by atoms with Crippen LogP contribution in [0.5, 0.6) is 0 Å². The summed E-state index contributed by atoms with van der Waals surface area (Å²) in [6.07, 6.45) is 1.97. The Morgan fingerprint density at radius 1 is 1.50 bits per heavy atom. The van der Waals surface area contributed by atoms with Crippen LogP contribution in [0.2, 0.25) is 0 Å². The minimum atomic E-state index is -0.585. The Morgan fingerprint density at radius 2 is 2.14 bits per heavy atom. The van der Waals surface area contributed by atoms with Crippen molar-refractivity contribution in [3.63, 3.8) is 0 Å². The summed E-state index contributed by atoms with van der Waals surface area (Å²) in [6, 6.07) is 2.20. The second-order valence-electron chi connectivity index (χ2n) is 5.60. The molecule has 1 heterocycles. The SMILES string of the molecule is CC(C)(C)CCN1CCC(N)(C#N)C1. The number of likely N-dealkylation sites (tertiary alicyclic amines) is 1. The molecule has 0 saturated carbocycles. The Balaban J connectivity index is 2.34. The second-order valence-corrected chi connectivity index (χ2v) is 5.60. The minimum absolute atomic E-state index is 0.368. The normalized spacial score (nSPS) is 29.1. The Labute approximate surface area is 86.9 Å². The molecule has 3 heteroatoms. The highest BCUT2D eigenvalue weighted by Gasteiger charge is 2.34. The van der Waals surface area contributed by atoms with Gasteiger partial charge in [0.2, 0.25) is 0 Å². The molecule has 0 spiro atoms. The molecule has 1 rings (SSSR count). The average molecular weight is 195 g/mol. The molecule has 14 heavy (non-hydrogen) atoms. The van der Waals surface area contributed by atoms with E-state index < -0.39 is 5.54 Å². The zero-order valence-electron chi connectivity index (χ0n) is 9.51. The zero-order chi connectivity index (χ0) is 10.8. The van der Waals surface area contributed by atoms with Gasteiger partial charge in [-0.1, -0.05) is 20.8 Å². The molecule has 0 radical (unpaired) electrons. The molecule has 1 aliphatic heterocycles. The Kier molecular flexibility index (Phi) is 3.18. The fourth-order valence-corrected chi connectivity index (χ4v) is 1.69. The van der Waals surface area contributed by atoms with Crippen LogP contribution in [0, 0.1) is 16.7 Å². The average Bonchev–Trinajstić information content (AvgIpc) is 2.44. The van der Waals surface area contributed by atoms with Crippen molar-refractivity contribution >= 4 is 0 Å². The van der Waals surface area contributed by atoms with Gasteiger partial charge in [-0.2, -0.15) is 5.26 Å². The van der Waals surface area contributed by atoms with Crippen LogP contribution < -0.4 is 5.73 Å². The van der Waals surface area contributed by atoms with Crippen molar-refractivity contribution in [2.75, 3.05) is 19.6 Å². The van der Waals surface area contributed by atoms with E-state index >= 15 is 0 Å². The molecule has 0 bridgehead atoms. The first-order valence-electron chi connectivity index (χ1n) is 5.27. The lowest BCUT2D eigenvalue weighted by Crippen LogP contribution is -2.41. The molecule has 0 amide bonds. The number of rotatable bonds is 2. The number of nitrogens with two attached hydrogens (primary N) is 1. The predicted octanol–water partition coefficient (Wildman–Crippen LogP) is 1.35. The van der Waals surface area contributed by atoms with Gasteiger partial charge in [0.25, 0.3) is 0 Å². The first-order valence-corrected chi connectivity index (χ1v) is 5.27. The van der Waals surface area contributed by atoms with E-state index in [-0.39, 0.29) is 0 Å². The summed E-state index contributed by atoms with van der Waals surface area (Å²) in [4.78, 5) is 2.30. The van der Waals surface area contributed by atoms with Gasteiger partial charge in [0, 0.05) is 13.1 Å². The first kappa shape index (κ1) is 11.5. The molecule has 3 nitrogen and oxygen atoms in total. The maximum atomic E-state index is 8.87. The largest absolute Gasteiger partial charge is 0.312 e. The van der Waals surface area contributed by atoms with Crippen molar-refractivity contribution in [2.45, 2.75) is 39.2 Å². The van der Waals surface area contributed by atoms with E-state index in [1.165, 1.54) is 0 Å². The molecule has 1 atom stereocenters. The smallest absolute Gasteiger partial charge is 0.118 e. The molecule has 2 N–H and O–H groups in total. The third-order valence-corrected chi connectivity index (χ3v) is 2.78. The number of nitrogens with zero attached hydrogens (tertiary/aromatic N) is 2. The van der Waals surface area contributed by atoms with Crippen molar-refractivity contribution in [3.05, 3.63) is 0 Å². The van der Waals surface area contributed by atoms with Crippen LogP contribution in [0.15, 0.2) is 0 Å². The lowest BCUT2D eigenvalue weighted by atomic mass is 9.92. The minimum Gasteiger partial charge on any atom is -0.312 e. The molecular formula is C11H21N3. The maximum absolute atomic E-state index is 8.87. The lowest BCUT2D eigenvalue weighted by molar-refractivity contribution is 0.259. The van der Waals surface area contributed by atoms with Crippen molar-refractivity contribution in [1.82, 2.24) is 4.90 Å². The molecule has 1 unspecified atom stereocenters. The van der Waals surface area contributed by atoms with E-state index in [2.05, 4.69) is 31.7 Å². The van der Waals surface area contributed by atoms with E-state index in [0.29, 0.717) is 5.41 Å². The van der Waals surface area contributed by atoms with Crippen LogP contribution in [0.4, 0.5) is 0 Å². The summed E-state index contributed by atoms with van der Waals surface area (Å²) in [5.74, 6) is 0. The Morgan fingerprint density at radius 3 is 2.57 bits per heavy atom. The highest BCUT2D eigenvalue weighted by atomic mass is 15.2. The molecule has 1 fully saturated rings. The first-order chi connectivity index (χ1) is 6.35. The Bertz CT molecular complexity index is 236. The monoisotopic (exact) mass is 195 g/mol. The highest BCUT2D eigenvalue weighted by molar-refractivity contribution is 5.10. The van der Waals surface area contributed by atoms with Crippen LogP contribution in [-0.2, 0) is 0 Å². The predicted molar refractivity (Wildman–Crippen MR) is 57.7 cm³/mol. The molecule has 0 aromatic heterocycles. The molecular weight excluding hydrogens is 174 g/mol. The number of nitriles is 1. The summed E-state index contributed by atoms with van der Waals surface area (Å²) in [5.41, 5.74) is 5.67. The van der Waals surface area contributed by atoms with Gasteiger partial charge in [-0.3, -0.25) is 0 Å². The molecule has 80 valence electrons. The van der Waals surface area contributed by atoms with Crippen LogP contribution in [0.3, 0.4) is 0 Å². The fraction of sp³-hybridized carbons (Fsp3) is 0.909. The van der Waals surface area contributed by atoms with Gasteiger partial charge in [0.1, 0.15) is 5.54 Å². The summed E-state index contributed by atoms with van der Waals surface area (Å²) >= 11 is 0. The van der Waals surface area contributed by atoms with E-state index in [0.717, 1.165) is 32.5 Å². The van der Waals surface area contributed by atoms with Gasteiger partial charge >= 0.3 is 0 Å². The molecule has 1 aliphatic rings. The van der Waals surface area contributed by atoms with E-state index in [9.17, 15) is 0 Å². The van der Waals surface area contributed by atoms with Gasteiger partial charge in [0.15, 0.2) is 0 Å². The topological polar surface area (TPSA) is 53.0 Å². The quantitative estimate of drug-likeness (QED) is 0.723. The van der Waals surface area contributed by atoms with Crippen molar-refractivity contribution in [3.8, 4) is 6.07 Å². The second kappa shape index (κ2) is 3.88. The molecule has 0 aromatic rings. The van der Waals surface area contributed by atoms with E-state index in [1.54, 1.807) is 0 Å². The highest BCUT2D eigenvalue weighted by Crippen LogP contribution is 2.23. The van der Waals surface area contributed by atoms with Gasteiger partial charge in [0.05, 0.1) is 6.07 Å². The summed E-state index contributed by atoms with van der Waals surface area (Å²) in [7, 11) is 0. The summed E-state index contributed by atoms with van der Waals surface area (Å²) in [6.45, 7) is 9.49. The van der Waals surface area contributed by atoms with Crippen molar-refractivity contribution in [1.29, 1.82) is 5.26 Å². The van der Waals surface area contributed by atoms with Gasteiger partial charge < -0.3 is 10.6 Å². The van der Waals surface area contributed by atoms with Gasteiger partial charge in [-0.25, -0.2) is 0 Å². The van der Waals surface area contributed by atoms with E-state index in [1.807, 2.05) is 0 Å². The summed E-state index contributed by atoms with van der Waals surface area (Å²) in [5, 5.41) is 8.87. The molecule has 0 aromatic carbocycles. The standard InChI is InChI=1S/C11H21N3/c1-10(2,3)4-6-14-7-5-11(13,8-12)9-14/h4-7,9,13H2,1-3H3. The third-order valence-electron chi connectivity index (χ3n) is 2.78. The van der Waals surface area contributed by atoms with Crippen LogP contribution >= 0.6 is 0 Å². The van der Waals surface area contributed by atoms with Crippen molar-refractivity contribution < 1.29 is 0 Å². The Hall–Kier alpha value is -0.590. The van der Waals surface area contributed by atoms with Gasteiger partial charge in [-0.15, -0.1) is 0 Å².